The van der Waals surface area contributed by atoms with Crippen molar-refractivity contribution in [2.45, 2.75) is 51.0 Å². The summed E-state index contributed by atoms with van der Waals surface area (Å²) in [6.07, 6.45) is 7.10. The Bertz CT molecular complexity index is 531. The summed E-state index contributed by atoms with van der Waals surface area (Å²) < 4.78 is 0. The topological polar surface area (TPSA) is 69.7 Å². The molecule has 5 rings (SSSR count). The standard InChI is InChI=1S/C18H27N3O3/c1-12(22)20-2-4-21(5-3-20)17(24)16(23)19-18-9-13-6-14(10-18)8-15(7-13)11-18/h13-15H,2-11H2,1H3,(H,19,23). The lowest BCUT2D eigenvalue weighted by molar-refractivity contribution is -0.150. The smallest absolute Gasteiger partial charge is 0.312 e. The Morgan fingerprint density at radius 3 is 1.75 bits per heavy atom. The van der Waals surface area contributed by atoms with Crippen LogP contribution in [0.4, 0.5) is 0 Å². The molecule has 6 heteroatoms. The fraction of sp³-hybridized carbons (Fsp3) is 0.833. The number of amides is 3. The van der Waals surface area contributed by atoms with Crippen molar-refractivity contribution in [1.82, 2.24) is 15.1 Å². The first-order chi connectivity index (χ1) is 11.4. The molecule has 0 unspecified atom stereocenters. The van der Waals surface area contributed by atoms with Crippen LogP contribution in [0.2, 0.25) is 0 Å². The van der Waals surface area contributed by atoms with Crippen molar-refractivity contribution in [3.05, 3.63) is 0 Å². The van der Waals surface area contributed by atoms with Gasteiger partial charge in [-0.3, -0.25) is 14.4 Å². The van der Waals surface area contributed by atoms with E-state index in [0.29, 0.717) is 26.2 Å². The molecule has 0 aromatic carbocycles. The third-order valence-electron chi connectivity index (χ3n) is 6.62. The quantitative estimate of drug-likeness (QED) is 0.721. The van der Waals surface area contributed by atoms with Crippen molar-refractivity contribution in [2.24, 2.45) is 17.8 Å². The average Bonchev–Trinajstić information content (AvgIpc) is 2.52. The van der Waals surface area contributed by atoms with Crippen LogP contribution in [0.5, 0.6) is 0 Å². The van der Waals surface area contributed by atoms with E-state index in [1.54, 1.807) is 9.80 Å². The zero-order chi connectivity index (χ0) is 16.9. The maximum atomic E-state index is 12.6. The number of nitrogens with one attached hydrogen (secondary N) is 1. The molecule has 4 bridgehead atoms. The van der Waals surface area contributed by atoms with Gasteiger partial charge in [-0.15, -0.1) is 0 Å². The third kappa shape index (κ3) is 2.80. The molecule has 1 heterocycles. The maximum Gasteiger partial charge on any atom is 0.312 e. The number of carbonyl (C=O) groups excluding carboxylic acids is 3. The molecule has 4 aliphatic carbocycles. The molecule has 4 saturated carbocycles. The van der Waals surface area contributed by atoms with Crippen molar-refractivity contribution in [3.8, 4) is 0 Å². The summed E-state index contributed by atoms with van der Waals surface area (Å²) in [7, 11) is 0. The van der Waals surface area contributed by atoms with Crippen molar-refractivity contribution in [3.63, 3.8) is 0 Å². The summed E-state index contributed by atoms with van der Waals surface area (Å²) in [5.74, 6) is 1.39. The van der Waals surface area contributed by atoms with E-state index in [4.69, 9.17) is 0 Å². The van der Waals surface area contributed by atoms with E-state index in [9.17, 15) is 14.4 Å². The van der Waals surface area contributed by atoms with Crippen LogP contribution in [0.15, 0.2) is 0 Å². The van der Waals surface area contributed by atoms with E-state index in [2.05, 4.69) is 5.32 Å². The molecule has 0 radical (unpaired) electrons. The normalized spacial score (nSPS) is 37.5. The lowest BCUT2D eigenvalue weighted by Gasteiger charge is -2.56. The highest BCUT2D eigenvalue weighted by Gasteiger charge is 2.52. The van der Waals surface area contributed by atoms with Crippen molar-refractivity contribution < 1.29 is 14.4 Å². The number of nitrogens with zero attached hydrogens (tertiary/aromatic N) is 2. The number of hydrogen-bond donors (Lipinski definition) is 1. The van der Waals surface area contributed by atoms with Crippen molar-refractivity contribution in [1.29, 1.82) is 0 Å². The Labute approximate surface area is 142 Å². The van der Waals surface area contributed by atoms with Crippen LogP contribution < -0.4 is 5.32 Å². The van der Waals surface area contributed by atoms with Crippen LogP contribution in [-0.4, -0.2) is 59.2 Å². The highest BCUT2D eigenvalue weighted by molar-refractivity contribution is 6.35. The average molecular weight is 333 g/mol. The Morgan fingerprint density at radius 2 is 1.29 bits per heavy atom. The summed E-state index contributed by atoms with van der Waals surface area (Å²) >= 11 is 0. The van der Waals surface area contributed by atoms with E-state index in [-0.39, 0.29) is 11.4 Å². The minimum absolute atomic E-state index is 0.0279. The predicted octanol–water partition coefficient (Wildman–Crippen LogP) is 0.762. The van der Waals surface area contributed by atoms with E-state index < -0.39 is 11.8 Å². The summed E-state index contributed by atoms with van der Waals surface area (Å²) in [5.41, 5.74) is -0.122. The zero-order valence-corrected chi connectivity index (χ0v) is 14.4. The van der Waals surface area contributed by atoms with Crippen LogP contribution >= 0.6 is 0 Å². The summed E-state index contributed by atoms with van der Waals surface area (Å²) in [5, 5.41) is 3.14. The fourth-order valence-corrected chi connectivity index (χ4v) is 5.93. The molecule has 5 fully saturated rings. The van der Waals surface area contributed by atoms with Gasteiger partial charge in [0.2, 0.25) is 5.91 Å². The predicted molar refractivity (Wildman–Crippen MR) is 87.9 cm³/mol. The Morgan fingerprint density at radius 1 is 0.833 bits per heavy atom. The number of piperazine rings is 1. The second-order valence-electron chi connectivity index (χ2n) is 8.45. The van der Waals surface area contributed by atoms with Gasteiger partial charge in [0.25, 0.3) is 0 Å². The van der Waals surface area contributed by atoms with Gasteiger partial charge in [0.05, 0.1) is 0 Å². The first-order valence-corrected chi connectivity index (χ1v) is 9.31. The van der Waals surface area contributed by atoms with Crippen molar-refractivity contribution in [2.75, 3.05) is 26.2 Å². The number of carbonyl (C=O) groups is 3. The van der Waals surface area contributed by atoms with Gasteiger partial charge in [-0.1, -0.05) is 0 Å². The Hall–Kier alpha value is -1.59. The third-order valence-corrected chi connectivity index (χ3v) is 6.62. The minimum Gasteiger partial charge on any atom is -0.342 e. The maximum absolute atomic E-state index is 12.6. The SMILES string of the molecule is CC(=O)N1CCN(C(=O)C(=O)NC23CC4CC(CC(C4)C2)C3)CC1. The molecule has 5 aliphatic rings. The molecule has 0 aromatic rings. The molecule has 132 valence electrons. The lowest BCUT2D eigenvalue weighted by Crippen LogP contribution is -2.62. The van der Waals surface area contributed by atoms with E-state index in [1.807, 2.05) is 0 Å². The number of rotatable bonds is 1. The first kappa shape index (κ1) is 15.9. The molecule has 3 amide bonds. The van der Waals surface area contributed by atoms with Gasteiger partial charge in [0, 0.05) is 38.6 Å². The number of hydrogen-bond acceptors (Lipinski definition) is 3. The molecular formula is C18H27N3O3. The highest BCUT2D eigenvalue weighted by Crippen LogP contribution is 2.55. The molecule has 6 nitrogen and oxygen atoms in total. The largest absolute Gasteiger partial charge is 0.342 e. The molecule has 1 N–H and O–H groups in total. The van der Waals surface area contributed by atoms with Gasteiger partial charge in [-0.05, 0) is 56.3 Å². The fourth-order valence-electron chi connectivity index (χ4n) is 5.93. The van der Waals surface area contributed by atoms with E-state index in [1.165, 1.54) is 26.2 Å². The summed E-state index contributed by atoms with van der Waals surface area (Å²) in [4.78, 5) is 39.8. The molecular weight excluding hydrogens is 306 g/mol. The Kier molecular flexibility index (Phi) is 3.81. The van der Waals surface area contributed by atoms with Gasteiger partial charge in [0.1, 0.15) is 0 Å². The minimum atomic E-state index is -0.437. The Balaban J connectivity index is 1.36. The summed E-state index contributed by atoms with van der Waals surface area (Å²) in [6.45, 7) is 3.48. The van der Waals surface area contributed by atoms with Crippen LogP contribution in [0, 0.1) is 17.8 Å². The molecule has 1 saturated heterocycles. The molecule has 0 atom stereocenters. The second-order valence-corrected chi connectivity index (χ2v) is 8.45. The second kappa shape index (κ2) is 5.74. The molecule has 1 aliphatic heterocycles. The van der Waals surface area contributed by atoms with E-state index >= 15 is 0 Å². The van der Waals surface area contributed by atoms with E-state index in [0.717, 1.165) is 37.0 Å². The zero-order valence-electron chi connectivity index (χ0n) is 14.4. The monoisotopic (exact) mass is 333 g/mol. The van der Waals surface area contributed by atoms with Crippen molar-refractivity contribution >= 4 is 17.7 Å². The molecule has 0 spiro atoms. The van der Waals surface area contributed by atoms with Gasteiger partial charge in [-0.2, -0.15) is 0 Å². The van der Waals surface area contributed by atoms with Crippen LogP contribution in [0.3, 0.4) is 0 Å². The van der Waals surface area contributed by atoms with Crippen LogP contribution in [0.25, 0.3) is 0 Å². The van der Waals surface area contributed by atoms with Gasteiger partial charge in [-0.25, -0.2) is 0 Å². The van der Waals surface area contributed by atoms with Gasteiger partial charge < -0.3 is 15.1 Å². The first-order valence-electron chi connectivity index (χ1n) is 9.31. The van der Waals surface area contributed by atoms with Gasteiger partial charge in [0.15, 0.2) is 0 Å². The van der Waals surface area contributed by atoms with Crippen LogP contribution in [0.1, 0.15) is 45.4 Å². The lowest BCUT2D eigenvalue weighted by atomic mass is 9.53. The van der Waals surface area contributed by atoms with Gasteiger partial charge >= 0.3 is 11.8 Å². The van der Waals surface area contributed by atoms with Crippen LogP contribution in [-0.2, 0) is 14.4 Å². The summed E-state index contributed by atoms with van der Waals surface area (Å²) in [6, 6.07) is 0. The highest BCUT2D eigenvalue weighted by atomic mass is 16.2. The molecule has 0 aromatic heterocycles. The molecule has 24 heavy (non-hydrogen) atoms.